The SMILES string of the molecule is CC(N)(CCCC(F)(F)F)C(=O)O. The molecule has 0 aliphatic carbocycles. The fourth-order valence-corrected chi connectivity index (χ4v) is 0.763. The summed E-state index contributed by atoms with van der Waals surface area (Å²) in [7, 11) is 0. The van der Waals surface area contributed by atoms with E-state index in [4.69, 9.17) is 10.8 Å². The molecule has 78 valence electrons. The molecule has 0 aromatic heterocycles. The Bertz CT molecular complexity index is 189. The molecule has 13 heavy (non-hydrogen) atoms. The van der Waals surface area contributed by atoms with Gasteiger partial charge in [-0.05, 0) is 19.8 Å². The smallest absolute Gasteiger partial charge is 0.389 e. The van der Waals surface area contributed by atoms with E-state index in [-0.39, 0.29) is 12.8 Å². The van der Waals surface area contributed by atoms with Crippen molar-refractivity contribution in [1.82, 2.24) is 0 Å². The van der Waals surface area contributed by atoms with E-state index in [9.17, 15) is 18.0 Å². The maximum absolute atomic E-state index is 11.6. The van der Waals surface area contributed by atoms with E-state index in [1.807, 2.05) is 0 Å². The zero-order valence-corrected chi connectivity index (χ0v) is 7.19. The summed E-state index contributed by atoms with van der Waals surface area (Å²) < 4.78 is 34.9. The van der Waals surface area contributed by atoms with Crippen molar-refractivity contribution in [2.75, 3.05) is 0 Å². The van der Waals surface area contributed by atoms with E-state index in [0.717, 1.165) is 0 Å². The number of carboxylic acids is 1. The Labute approximate surface area is 73.7 Å². The van der Waals surface area contributed by atoms with Crippen molar-refractivity contribution >= 4 is 5.97 Å². The second-order valence-corrected chi connectivity index (χ2v) is 3.19. The first-order valence-electron chi connectivity index (χ1n) is 3.74. The van der Waals surface area contributed by atoms with Crippen molar-refractivity contribution in [1.29, 1.82) is 0 Å². The van der Waals surface area contributed by atoms with Crippen LogP contribution in [0.15, 0.2) is 0 Å². The standard InChI is InChI=1S/C7H12F3NO2/c1-6(11,5(12)13)3-2-4-7(8,9)10/h2-4,11H2,1H3,(H,12,13). The lowest BCUT2D eigenvalue weighted by Crippen LogP contribution is -2.44. The Morgan fingerprint density at radius 2 is 1.85 bits per heavy atom. The van der Waals surface area contributed by atoms with Gasteiger partial charge in [0.15, 0.2) is 0 Å². The number of carboxylic acid groups (broad SMARTS) is 1. The fourth-order valence-electron chi connectivity index (χ4n) is 0.763. The minimum atomic E-state index is -4.24. The van der Waals surface area contributed by atoms with Crippen molar-refractivity contribution in [3.63, 3.8) is 0 Å². The molecule has 0 aromatic rings. The van der Waals surface area contributed by atoms with Crippen molar-refractivity contribution in [3.8, 4) is 0 Å². The lowest BCUT2D eigenvalue weighted by molar-refractivity contribution is -0.146. The zero-order valence-electron chi connectivity index (χ0n) is 7.19. The first-order chi connectivity index (χ1) is 5.65. The van der Waals surface area contributed by atoms with Crippen LogP contribution in [0, 0.1) is 0 Å². The number of aliphatic carboxylic acids is 1. The number of rotatable bonds is 4. The van der Waals surface area contributed by atoms with E-state index in [0.29, 0.717) is 0 Å². The Morgan fingerprint density at radius 3 is 2.15 bits per heavy atom. The van der Waals surface area contributed by atoms with Crippen molar-refractivity contribution in [2.24, 2.45) is 5.73 Å². The molecular formula is C7H12F3NO2. The predicted octanol–water partition coefficient (Wildman–Crippen LogP) is 1.52. The molecule has 6 heteroatoms. The monoisotopic (exact) mass is 199 g/mol. The van der Waals surface area contributed by atoms with Crippen LogP contribution in [0.1, 0.15) is 26.2 Å². The van der Waals surface area contributed by atoms with Crippen molar-refractivity contribution in [3.05, 3.63) is 0 Å². The molecule has 3 nitrogen and oxygen atoms in total. The van der Waals surface area contributed by atoms with Gasteiger partial charge in [-0.25, -0.2) is 0 Å². The lowest BCUT2D eigenvalue weighted by Gasteiger charge is -2.18. The van der Waals surface area contributed by atoms with Crippen LogP contribution in [0.2, 0.25) is 0 Å². The minimum absolute atomic E-state index is 0.179. The molecule has 0 saturated heterocycles. The largest absolute Gasteiger partial charge is 0.480 e. The molecular weight excluding hydrogens is 187 g/mol. The second kappa shape index (κ2) is 3.95. The Balaban J connectivity index is 3.84. The molecule has 0 spiro atoms. The number of halogens is 3. The summed E-state index contributed by atoms with van der Waals surface area (Å²) >= 11 is 0. The van der Waals surface area contributed by atoms with Crippen LogP contribution < -0.4 is 5.73 Å². The number of carbonyl (C=O) groups is 1. The van der Waals surface area contributed by atoms with E-state index in [2.05, 4.69) is 0 Å². The van der Waals surface area contributed by atoms with Gasteiger partial charge in [0, 0.05) is 6.42 Å². The molecule has 1 unspecified atom stereocenters. The number of hydrogen-bond acceptors (Lipinski definition) is 2. The second-order valence-electron chi connectivity index (χ2n) is 3.19. The minimum Gasteiger partial charge on any atom is -0.480 e. The third-order valence-electron chi connectivity index (χ3n) is 1.64. The van der Waals surface area contributed by atoms with Crippen LogP contribution >= 0.6 is 0 Å². The van der Waals surface area contributed by atoms with Gasteiger partial charge in [-0.2, -0.15) is 13.2 Å². The molecule has 0 bridgehead atoms. The molecule has 0 radical (unpaired) electrons. The van der Waals surface area contributed by atoms with Gasteiger partial charge in [0.25, 0.3) is 0 Å². The third kappa shape index (κ3) is 5.46. The maximum atomic E-state index is 11.6. The molecule has 0 aliphatic rings. The first-order valence-corrected chi connectivity index (χ1v) is 3.74. The maximum Gasteiger partial charge on any atom is 0.389 e. The topological polar surface area (TPSA) is 63.3 Å². The van der Waals surface area contributed by atoms with Gasteiger partial charge in [0.05, 0.1) is 0 Å². The van der Waals surface area contributed by atoms with Gasteiger partial charge in [0.2, 0.25) is 0 Å². The average Bonchev–Trinajstić information content (AvgIpc) is 1.82. The van der Waals surface area contributed by atoms with Crippen molar-refractivity contribution < 1.29 is 23.1 Å². The lowest BCUT2D eigenvalue weighted by atomic mass is 9.96. The molecule has 3 N–H and O–H groups in total. The van der Waals surface area contributed by atoms with Crippen LogP contribution in [-0.4, -0.2) is 22.8 Å². The average molecular weight is 199 g/mol. The predicted molar refractivity (Wildman–Crippen MR) is 40.1 cm³/mol. The van der Waals surface area contributed by atoms with Gasteiger partial charge in [0.1, 0.15) is 5.54 Å². The van der Waals surface area contributed by atoms with Crippen LogP contribution in [-0.2, 0) is 4.79 Å². The Kier molecular flexibility index (Phi) is 3.71. The van der Waals surface area contributed by atoms with Gasteiger partial charge in [-0.15, -0.1) is 0 Å². The quantitative estimate of drug-likeness (QED) is 0.721. The van der Waals surface area contributed by atoms with Gasteiger partial charge in [-0.1, -0.05) is 0 Å². The van der Waals surface area contributed by atoms with Gasteiger partial charge in [-0.3, -0.25) is 4.79 Å². The first kappa shape index (κ1) is 12.2. The summed E-state index contributed by atoms with van der Waals surface area (Å²) in [6, 6.07) is 0. The van der Waals surface area contributed by atoms with E-state index >= 15 is 0 Å². The third-order valence-corrected chi connectivity index (χ3v) is 1.64. The van der Waals surface area contributed by atoms with Crippen LogP contribution in [0.5, 0.6) is 0 Å². The van der Waals surface area contributed by atoms with E-state index in [1.54, 1.807) is 0 Å². The van der Waals surface area contributed by atoms with Crippen LogP contribution in [0.4, 0.5) is 13.2 Å². The molecule has 0 aliphatic heterocycles. The van der Waals surface area contributed by atoms with Crippen LogP contribution in [0.25, 0.3) is 0 Å². The summed E-state index contributed by atoms with van der Waals surface area (Å²) in [4.78, 5) is 10.4. The molecule has 0 saturated carbocycles. The van der Waals surface area contributed by atoms with Gasteiger partial charge >= 0.3 is 12.1 Å². The Morgan fingerprint density at radius 1 is 1.38 bits per heavy atom. The normalized spacial score (nSPS) is 16.7. The molecule has 0 fully saturated rings. The highest BCUT2D eigenvalue weighted by Gasteiger charge is 2.31. The summed E-state index contributed by atoms with van der Waals surface area (Å²) in [5.74, 6) is -1.28. The fraction of sp³-hybridized carbons (Fsp3) is 0.857. The summed E-state index contributed by atoms with van der Waals surface area (Å²) in [6.07, 6.45) is -5.67. The van der Waals surface area contributed by atoms with E-state index < -0.39 is 24.1 Å². The molecule has 0 rings (SSSR count). The highest BCUT2D eigenvalue weighted by Crippen LogP contribution is 2.24. The van der Waals surface area contributed by atoms with Crippen molar-refractivity contribution in [2.45, 2.75) is 37.9 Å². The Hall–Kier alpha value is -0.780. The summed E-state index contributed by atoms with van der Waals surface area (Å²) in [5, 5.41) is 8.46. The number of hydrogen-bond donors (Lipinski definition) is 2. The molecule has 0 heterocycles. The zero-order chi connectivity index (χ0) is 10.7. The molecule has 1 atom stereocenters. The number of nitrogens with two attached hydrogens (primary N) is 1. The number of alkyl halides is 3. The highest BCUT2D eigenvalue weighted by molar-refractivity contribution is 5.77. The molecule has 0 aromatic carbocycles. The molecule has 0 amide bonds. The summed E-state index contributed by atoms with van der Waals surface area (Å²) in [6.45, 7) is 1.20. The van der Waals surface area contributed by atoms with E-state index in [1.165, 1.54) is 6.92 Å². The van der Waals surface area contributed by atoms with Gasteiger partial charge < -0.3 is 10.8 Å². The summed E-state index contributed by atoms with van der Waals surface area (Å²) in [5.41, 5.74) is 3.66. The highest BCUT2D eigenvalue weighted by atomic mass is 19.4. The van der Waals surface area contributed by atoms with Crippen LogP contribution in [0.3, 0.4) is 0 Å².